The normalized spacial score (nSPS) is 11.0. The van der Waals surface area contributed by atoms with E-state index in [0.717, 1.165) is 0 Å². The number of carbonyl (C=O) groups is 1. The van der Waals surface area contributed by atoms with E-state index < -0.39 is 11.5 Å². The van der Waals surface area contributed by atoms with E-state index in [2.05, 4.69) is 0 Å². The van der Waals surface area contributed by atoms with Gasteiger partial charge in [0, 0.05) is 11.1 Å². The highest BCUT2D eigenvalue weighted by molar-refractivity contribution is 5.90. The molecule has 0 unspecified atom stereocenters. The third-order valence-electron chi connectivity index (χ3n) is 2.59. The molecule has 0 radical (unpaired) electrons. The number of nitrogens with two attached hydrogens (primary N) is 1. The maximum absolute atomic E-state index is 11.6. The Balaban J connectivity index is 3.51. The Morgan fingerprint density at radius 3 is 2.17 bits per heavy atom. The smallest absolute Gasteiger partial charge is 0.337 e. The Kier molecular flexibility index (Phi) is 4.19. The summed E-state index contributed by atoms with van der Waals surface area (Å²) in [5.74, 6) is 0.535. The van der Waals surface area contributed by atoms with Gasteiger partial charge in [-0.3, -0.25) is 0 Å². The van der Waals surface area contributed by atoms with Crippen LogP contribution in [0.25, 0.3) is 0 Å². The molecule has 0 saturated carbocycles. The van der Waals surface area contributed by atoms with Gasteiger partial charge in [-0.15, -0.1) is 0 Å². The van der Waals surface area contributed by atoms with Gasteiger partial charge in [0.05, 0.1) is 26.9 Å². The highest BCUT2D eigenvalue weighted by atomic mass is 16.5. The van der Waals surface area contributed by atoms with E-state index in [9.17, 15) is 4.79 Å². The van der Waals surface area contributed by atoms with Gasteiger partial charge in [0.25, 0.3) is 0 Å². The second-order valence-electron chi connectivity index (χ2n) is 4.47. The highest BCUT2D eigenvalue weighted by Crippen LogP contribution is 2.37. The lowest BCUT2D eigenvalue weighted by Crippen LogP contribution is -2.29. The number of benzene rings is 1. The molecule has 0 amide bonds. The minimum Gasteiger partial charge on any atom is -0.493 e. The fourth-order valence-corrected chi connectivity index (χ4v) is 1.68. The van der Waals surface area contributed by atoms with Crippen LogP contribution in [0.2, 0.25) is 0 Å². The SMILES string of the molecule is COC(=O)c1cc(OC)c(OC)c(C(C)(C)N)c1. The molecule has 0 bridgehead atoms. The summed E-state index contributed by atoms with van der Waals surface area (Å²) in [7, 11) is 4.36. The molecule has 100 valence electrons. The molecule has 0 atom stereocenters. The predicted molar refractivity (Wildman–Crippen MR) is 68.1 cm³/mol. The first kappa shape index (κ1) is 14.3. The van der Waals surface area contributed by atoms with Crippen LogP contribution in [0.5, 0.6) is 11.5 Å². The van der Waals surface area contributed by atoms with E-state index in [4.69, 9.17) is 19.9 Å². The zero-order valence-corrected chi connectivity index (χ0v) is 11.4. The molecule has 0 fully saturated rings. The second kappa shape index (κ2) is 5.27. The molecule has 0 spiro atoms. The summed E-state index contributed by atoms with van der Waals surface area (Å²) in [6.07, 6.45) is 0. The number of esters is 1. The number of methoxy groups -OCH3 is 3. The van der Waals surface area contributed by atoms with Crippen LogP contribution >= 0.6 is 0 Å². The zero-order chi connectivity index (χ0) is 13.9. The molecule has 18 heavy (non-hydrogen) atoms. The van der Waals surface area contributed by atoms with Gasteiger partial charge in [0.2, 0.25) is 0 Å². The van der Waals surface area contributed by atoms with Gasteiger partial charge in [0.15, 0.2) is 11.5 Å². The van der Waals surface area contributed by atoms with Gasteiger partial charge in [-0.1, -0.05) is 0 Å². The second-order valence-corrected chi connectivity index (χ2v) is 4.47. The molecule has 5 heteroatoms. The first-order valence-corrected chi connectivity index (χ1v) is 5.48. The van der Waals surface area contributed by atoms with Crippen molar-refractivity contribution < 1.29 is 19.0 Å². The monoisotopic (exact) mass is 253 g/mol. The molecular formula is C13H19NO4. The minimum absolute atomic E-state index is 0.378. The van der Waals surface area contributed by atoms with Crippen LogP contribution in [0, 0.1) is 0 Å². The van der Waals surface area contributed by atoms with Crippen molar-refractivity contribution in [2.24, 2.45) is 5.73 Å². The molecule has 0 saturated heterocycles. The summed E-state index contributed by atoms with van der Waals surface area (Å²) >= 11 is 0. The van der Waals surface area contributed by atoms with Crippen molar-refractivity contribution in [3.8, 4) is 11.5 Å². The third-order valence-corrected chi connectivity index (χ3v) is 2.59. The Hall–Kier alpha value is -1.75. The van der Waals surface area contributed by atoms with Crippen molar-refractivity contribution in [1.29, 1.82) is 0 Å². The summed E-state index contributed by atoms with van der Waals surface area (Å²) in [6.45, 7) is 3.65. The molecule has 0 aliphatic heterocycles. The molecule has 0 heterocycles. The van der Waals surface area contributed by atoms with Crippen LogP contribution in [0.3, 0.4) is 0 Å². The van der Waals surface area contributed by atoms with Crippen molar-refractivity contribution in [2.45, 2.75) is 19.4 Å². The largest absolute Gasteiger partial charge is 0.493 e. The summed E-state index contributed by atoms with van der Waals surface area (Å²) in [4.78, 5) is 11.6. The average molecular weight is 253 g/mol. The van der Waals surface area contributed by atoms with Crippen LogP contribution in [-0.4, -0.2) is 27.3 Å². The molecule has 0 aliphatic carbocycles. The molecule has 1 rings (SSSR count). The van der Waals surface area contributed by atoms with E-state index in [0.29, 0.717) is 22.6 Å². The Bertz CT molecular complexity index is 449. The van der Waals surface area contributed by atoms with Crippen molar-refractivity contribution in [2.75, 3.05) is 21.3 Å². The van der Waals surface area contributed by atoms with Crippen LogP contribution < -0.4 is 15.2 Å². The Morgan fingerprint density at radius 1 is 1.17 bits per heavy atom. The van der Waals surface area contributed by atoms with Gasteiger partial charge in [-0.2, -0.15) is 0 Å². The highest BCUT2D eigenvalue weighted by Gasteiger charge is 2.25. The fourth-order valence-electron chi connectivity index (χ4n) is 1.68. The van der Waals surface area contributed by atoms with Crippen LogP contribution in [0.15, 0.2) is 12.1 Å². The van der Waals surface area contributed by atoms with Gasteiger partial charge >= 0.3 is 5.97 Å². The number of hydrogen-bond acceptors (Lipinski definition) is 5. The predicted octanol–water partition coefficient (Wildman–Crippen LogP) is 1.68. The standard InChI is InChI=1S/C13H19NO4/c1-13(2,14)9-6-8(12(15)18-5)7-10(16-3)11(9)17-4/h6-7H,14H2,1-5H3. The van der Waals surface area contributed by atoms with E-state index in [-0.39, 0.29) is 0 Å². The summed E-state index contributed by atoms with van der Waals surface area (Å²) in [6, 6.07) is 3.23. The quantitative estimate of drug-likeness (QED) is 0.827. The Morgan fingerprint density at radius 2 is 1.78 bits per heavy atom. The lowest BCUT2D eigenvalue weighted by Gasteiger charge is -2.24. The first-order valence-electron chi connectivity index (χ1n) is 5.48. The molecule has 0 aromatic heterocycles. The van der Waals surface area contributed by atoms with Crippen LogP contribution in [0.4, 0.5) is 0 Å². The van der Waals surface area contributed by atoms with Gasteiger partial charge in [-0.05, 0) is 26.0 Å². The maximum Gasteiger partial charge on any atom is 0.337 e. The van der Waals surface area contributed by atoms with E-state index in [1.807, 2.05) is 13.8 Å². The number of ether oxygens (including phenoxy) is 3. The average Bonchev–Trinajstić information content (AvgIpc) is 2.34. The van der Waals surface area contributed by atoms with Crippen molar-refractivity contribution >= 4 is 5.97 Å². The molecule has 1 aromatic carbocycles. The minimum atomic E-state index is -0.664. The zero-order valence-electron chi connectivity index (χ0n) is 11.4. The van der Waals surface area contributed by atoms with E-state index in [1.165, 1.54) is 21.3 Å². The lowest BCUT2D eigenvalue weighted by atomic mass is 9.92. The topological polar surface area (TPSA) is 70.8 Å². The fraction of sp³-hybridized carbons (Fsp3) is 0.462. The third kappa shape index (κ3) is 2.73. The lowest BCUT2D eigenvalue weighted by molar-refractivity contribution is 0.0600. The Labute approximate surface area is 107 Å². The van der Waals surface area contributed by atoms with E-state index in [1.54, 1.807) is 12.1 Å². The van der Waals surface area contributed by atoms with Crippen molar-refractivity contribution in [3.63, 3.8) is 0 Å². The van der Waals surface area contributed by atoms with E-state index >= 15 is 0 Å². The molecule has 5 nitrogen and oxygen atoms in total. The summed E-state index contributed by atoms with van der Waals surface area (Å²) in [5, 5.41) is 0. The van der Waals surface area contributed by atoms with Crippen LogP contribution in [0.1, 0.15) is 29.8 Å². The first-order chi connectivity index (χ1) is 8.35. The van der Waals surface area contributed by atoms with Gasteiger partial charge < -0.3 is 19.9 Å². The number of rotatable bonds is 4. The summed E-state index contributed by atoms with van der Waals surface area (Å²) < 4.78 is 15.2. The molecule has 0 aliphatic rings. The van der Waals surface area contributed by atoms with Crippen LogP contribution in [-0.2, 0) is 10.3 Å². The number of hydrogen-bond donors (Lipinski definition) is 1. The summed E-state index contributed by atoms with van der Waals surface area (Å²) in [5.41, 5.74) is 6.48. The molecule has 1 aromatic rings. The van der Waals surface area contributed by atoms with Gasteiger partial charge in [-0.25, -0.2) is 4.79 Å². The molecular weight excluding hydrogens is 234 g/mol. The maximum atomic E-state index is 11.6. The van der Waals surface area contributed by atoms with Crippen molar-refractivity contribution in [1.82, 2.24) is 0 Å². The molecule has 2 N–H and O–H groups in total. The number of carbonyl (C=O) groups excluding carboxylic acids is 1. The van der Waals surface area contributed by atoms with Crippen molar-refractivity contribution in [3.05, 3.63) is 23.3 Å². The van der Waals surface area contributed by atoms with Gasteiger partial charge in [0.1, 0.15) is 0 Å².